The minimum absolute atomic E-state index is 0. The Labute approximate surface area is 594 Å². The number of esters is 2. The van der Waals surface area contributed by atoms with Crippen LogP contribution < -0.4 is 48.5 Å². The van der Waals surface area contributed by atoms with Crippen LogP contribution in [-0.2, 0) is 49.4 Å². The number of aliphatic hydroxyl groups is 1. The molecule has 0 spiro atoms. The molecule has 2 unspecified atom stereocenters. The maximum Gasteiger partial charge on any atom is 1.00 e. The Balaban J connectivity index is 0.000000286. The van der Waals surface area contributed by atoms with Crippen molar-refractivity contribution in [2.24, 2.45) is 16.2 Å². The Morgan fingerprint density at radius 3 is 0.833 bits per heavy atom. The fraction of sp³-hybridized carbons (Fsp3) is 0.287. The molecular formula is C80H90ClNaO14. The van der Waals surface area contributed by atoms with Gasteiger partial charge < -0.3 is 53.6 Å². The molecule has 0 amide bonds. The molecule has 0 radical (unpaired) electrons. The van der Waals surface area contributed by atoms with E-state index < -0.39 is 38.3 Å². The van der Waals surface area contributed by atoms with Gasteiger partial charge in [0.25, 0.3) is 0 Å². The summed E-state index contributed by atoms with van der Waals surface area (Å²) in [4.78, 5) is 34.1. The zero-order chi connectivity index (χ0) is 68.7. The Morgan fingerprint density at radius 1 is 0.354 bits per heavy atom. The number of hydrogen-bond acceptors (Lipinski definition) is 13. The van der Waals surface area contributed by atoms with Crippen molar-refractivity contribution in [1.29, 1.82) is 0 Å². The number of carboxylic acids is 1. The normalized spacial score (nSPS) is 12.3. The van der Waals surface area contributed by atoms with Gasteiger partial charge in [0.05, 0.1) is 78.7 Å². The first-order valence-electron chi connectivity index (χ1n) is 30.7. The van der Waals surface area contributed by atoms with E-state index >= 15 is 0 Å². The first kappa shape index (κ1) is 80.2. The molecule has 16 heteroatoms. The van der Waals surface area contributed by atoms with Gasteiger partial charge in [0.15, 0.2) is 0 Å². The van der Waals surface area contributed by atoms with Gasteiger partial charge in [0, 0.05) is 0 Å². The molecule has 9 aromatic rings. The van der Waals surface area contributed by atoms with Crippen LogP contribution in [0.25, 0.3) is 0 Å². The molecule has 502 valence electrons. The molecule has 14 nitrogen and oxygen atoms in total. The number of carbonyl (C=O) groups excluding carboxylic acids is 2. The molecular weight excluding hydrogens is 1240 g/mol. The predicted octanol–water partition coefficient (Wildman–Crippen LogP) is 13.2. The molecule has 0 saturated carbocycles. The van der Waals surface area contributed by atoms with Crippen molar-refractivity contribution in [3.63, 3.8) is 0 Å². The quantitative estimate of drug-likeness (QED) is 0.0266. The topological polar surface area (TPSA) is 196 Å². The number of carboxylic acid groups (broad SMARTS) is 1. The molecule has 0 aliphatic carbocycles. The Hall–Kier alpha value is -8.28. The SMILES string of the molecule is COC(=O)C(C)(C)CO.COC(=O)C(C)(C)COC(c1ccccc1)(c1ccc(C)cc1)c1ccc(OC)cc1.COc1ccc(C(Cl)(c2ccccc2)c2ccc(OC)cc2)cc1.COc1ccc(C(OCC(C)(C)C(=O)O)(c2ccccc2)c2ccc(C)cc2)cc1.[Na+].[OH-]. The molecule has 0 heterocycles. The first-order chi connectivity index (χ1) is 44.8. The van der Waals surface area contributed by atoms with Crippen molar-refractivity contribution in [2.75, 3.05) is 62.5 Å². The summed E-state index contributed by atoms with van der Waals surface area (Å²) in [6.07, 6.45) is 0. The number of aryl methyl sites for hydroxylation is 2. The summed E-state index contributed by atoms with van der Waals surface area (Å²) in [7, 11) is 9.30. The van der Waals surface area contributed by atoms with E-state index in [1.807, 2.05) is 221 Å². The largest absolute Gasteiger partial charge is 1.00 e. The Morgan fingerprint density at radius 2 is 0.583 bits per heavy atom. The van der Waals surface area contributed by atoms with Crippen LogP contribution in [0, 0.1) is 30.1 Å². The van der Waals surface area contributed by atoms with E-state index in [4.69, 9.17) is 49.9 Å². The molecule has 2 atom stereocenters. The minimum Gasteiger partial charge on any atom is -0.870 e. The number of methoxy groups -OCH3 is 6. The smallest absolute Gasteiger partial charge is 0.870 e. The van der Waals surface area contributed by atoms with Crippen molar-refractivity contribution >= 4 is 29.5 Å². The van der Waals surface area contributed by atoms with Crippen LogP contribution in [0.4, 0.5) is 0 Å². The zero-order valence-electron chi connectivity index (χ0n) is 57.8. The number of aliphatic carboxylic acids is 1. The molecule has 96 heavy (non-hydrogen) atoms. The van der Waals surface area contributed by atoms with Gasteiger partial charge in [-0.2, -0.15) is 0 Å². The van der Waals surface area contributed by atoms with Gasteiger partial charge >= 0.3 is 47.5 Å². The number of carbonyl (C=O) groups is 3. The fourth-order valence-corrected chi connectivity index (χ4v) is 10.6. The second-order valence-corrected chi connectivity index (χ2v) is 25.0. The van der Waals surface area contributed by atoms with Crippen LogP contribution >= 0.6 is 11.6 Å². The molecule has 9 rings (SSSR count). The van der Waals surface area contributed by atoms with Crippen molar-refractivity contribution < 1.29 is 97.5 Å². The number of aliphatic hydroxyl groups excluding tert-OH is 1. The summed E-state index contributed by atoms with van der Waals surface area (Å²) in [5.41, 5.74) is 6.48. The van der Waals surface area contributed by atoms with Gasteiger partial charge in [-0.05, 0) is 154 Å². The van der Waals surface area contributed by atoms with Gasteiger partial charge in [-0.1, -0.05) is 199 Å². The van der Waals surface area contributed by atoms with Gasteiger partial charge in [0.1, 0.15) is 39.1 Å². The summed E-state index contributed by atoms with van der Waals surface area (Å²) in [5.74, 6) is 1.53. The Bertz CT molecular complexity index is 3730. The van der Waals surface area contributed by atoms with Crippen LogP contribution in [0.15, 0.2) is 237 Å². The molecule has 3 N–H and O–H groups in total. The van der Waals surface area contributed by atoms with Crippen LogP contribution in [0.1, 0.15) is 103 Å². The zero-order valence-corrected chi connectivity index (χ0v) is 60.6. The third-order valence-electron chi connectivity index (χ3n) is 16.2. The molecule has 9 aromatic carbocycles. The van der Waals surface area contributed by atoms with E-state index in [9.17, 15) is 19.5 Å². The van der Waals surface area contributed by atoms with Crippen molar-refractivity contribution in [2.45, 2.75) is 71.5 Å². The number of benzene rings is 9. The number of halogens is 1. The third kappa shape index (κ3) is 19.7. The molecule has 0 aliphatic rings. The van der Waals surface area contributed by atoms with Gasteiger partial charge in [0.2, 0.25) is 0 Å². The average molecular weight is 1330 g/mol. The maximum atomic E-state index is 12.4. The van der Waals surface area contributed by atoms with E-state index in [0.29, 0.717) is 0 Å². The maximum absolute atomic E-state index is 12.4. The average Bonchev–Trinajstić information content (AvgIpc) is 0.771. The van der Waals surface area contributed by atoms with Gasteiger partial charge in [-0.25, -0.2) is 0 Å². The standard InChI is InChI=1S/C27H30O4.C26H28O4.C21H19ClO2.C6H12O3.Na.H2O/c1-20-11-13-22(14-12-20)27(21-9-7-6-8-10-21,23-15-17-24(29-4)18-16-23)31-19-26(2,3)25(28)30-5;1-19-10-12-21(13-11-19)26(20-8-6-5-7-9-20,30-18-25(2,3)24(27)28)22-14-16-23(29-4)17-15-22;1-23-19-12-8-17(9-13-19)21(22,16-6-4-3-5-7-16)18-10-14-20(24-2)15-11-18;1-6(2,4-7)5(8)9-3;;/h6-18H,19H2,1-5H3;5-17H,18H2,1-4H3,(H,27,28);3-15H,1-2H3;7H,4H2,1-3H3;;1H2/q;;;;+1;/p-1. The molecule has 0 bridgehead atoms. The number of ether oxygens (including phenoxy) is 8. The first-order valence-corrected chi connectivity index (χ1v) is 31.1. The molecule has 0 aromatic heterocycles. The van der Waals surface area contributed by atoms with Crippen LogP contribution in [0.3, 0.4) is 0 Å². The van der Waals surface area contributed by atoms with E-state index in [2.05, 4.69) is 48.1 Å². The summed E-state index contributed by atoms with van der Waals surface area (Å²) < 4.78 is 44.0. The number of hydrogen-bond donors (Lipinski definition) is 2. The minimum atomic E-state index is -1.04. The Kier molecular flexibility index (Phi) is 30.7. The van der Waals surface area contributed by atoms with Crippen molar-refractivity contribution in [3.8, 4) is 23.0 Å². The molecule has 0 aliphatic heterocycles. The van der Waals surface area contributed by atoms with Gasteiger partial charge in [-0.3, -0.25) is 14.4 Å². The number of rotatable bonds is 23. The van der Waals surface area contributed by atoms with Crippen LogP contribution in [0.2, 0.25) is 0 Å². The van der Waals surface area contributed by atoms with Crippen LogP contribution in [-0.4, -0.2) is 96.1 Å². The summed E-state index contributed by atoms with van der Waals surface area (Å²) in [5, 5.41) is 18.3. The van der Waals surface area contributed by atoms with Crippen LogP contribution in [0.5, 0.6) is 23.0 Å². The fourth-order valence-electron chi connectivity index (χ4n) is 10.2. The van der Waals surface area contributed by atoms with E-state index in [-0.39, 0.29) is 66.8 Å². The summed E-state index contributed by atoms with van der Waals surface area (Å²) in [6, 6.07) is 77.9. The van der Waals surface area contributed by atoms with Crippen molar-refractivity contribution in [1.82, 2.24) is 0 Å². The second kappa shape index (κ2) is 36.7. The predicted molar refractivity (Wildman–Crippen MR) is 373 cm³/mol. The monoisotopic (exact) mass is 1330 g/mol. The summed E-state index contributed by atoms with van der Waals surface area (Å²) in [6.45, 7) is 14.4. The summed E-state index contributed by atoms with van der Waals surface area (Å²) >= 11 is 7.22. The van der Waals surface area contributed by atoms with Crippen molar-refractivity contribution in [3.05, 3.63) is 298 Å². The van der Waals surface area contributed by atoms with Gasteiger partial charge in [-0.15, -0.1) is 11.6 Å². The molecule has 0 fully saturated rings. The molecule has 0 saturated heterocycles. The second-order valence-electron chi connectivity index (χ2n) is 24.4. The third-order valence-corrected chi connectivity index (χ3v) is 16.8. The van der Waals surface area contributed by atoms with E-state index in [1.165, 1.54) is 14.2 Å². The van der Waals surface area contributed by atoms with E-state index in [0.717, 1.165) is 84.2 Å². The number of alkyl halides is 1. The van der Waals surface area contributed by atoms with E-state index in [1.54, 1.807) is 56.1 Å².